The van der Waals surface area contributed by atoms with Crippen LogP contribution in [0.25, 0.3) is 0 Å². The van der Waals surface area contributed by atoms with Gasteiger partial charge in [-0.05, 0) is 90.9 Å². The molecule has 4 aliphatic carbocycles. The Labute approximate surface area is 401 Å². The lowest BCUT2D eigenvalue weighted by molar-refractivity contribution is -0.172. The molecule has 8 aliphatic rings. The first-order chi connectivity index (χ1) is 30.2. The van der Waals surface area contributed by atoms with Gasteiger partial charge in [-0.2, -0.15) is 0 Å². The number of aliphatic hydroxyl groups is 4. The summed E-state index contributed by atoms with van der Waals surface area (Å²) in [5.41, 5.74) is -8.67. The van der Waals surface area contributed by atoms with Gasteiger partial charge in [-0.1, -0.05) is 43.4 Å². The van der Waals surface area contributed by atoms with Gasteiger partial charge in [0.05, 0.1) is 30.1 Å². The van der Waals surface area contributed by atoms with Crippen molar-refractivity contribution < 1.29 is 82.0 Å². The number of carbonyl (C=O) groups is 6. The van der Waals surface area contributed by atoms with Crippen LogP contribution in [-0.4, -0.2) is 136 Å². The van der Waals surface area contributed by atoms with E-state index < -0.39 is 87.1 Å². The number of nitrogens with one attached hydrogen (secondary N) is 3. The van der Waals surface area contributed by atoms with Crippen LogP contribution in [-0.2, 0) is 33.5 Å². The summed E-state index contributed by atoms with van der Waals surface area (Å²) < 4.78 is 5.68. The molecule has 15 atom stereocenters. The number of carboxylic acid groups (broad SMARTS) is 2. The minimum atomic E-state index is -2.13. The molecular weight excluding hydrogens is 925 g/mol. The first kappa shape index (κ1) is 55.5. The van der Waals surface area contributed by atoms with E-state index in [4.69, 9.17) is 27.9 Å². The Morgan fingerprint density at radius 2 is 1.14 bits per heavy atom. The molecule has 11 N–H and O–H groups in total. The quantitative estimate of drug-likeness (QED) is 0.0846. The second kappa shape index (κ2) is 21.2. The number of aliphatic hydroxyl groups excluding tert-OH is 3. The van der Waals surface area contributed by atoms with Crippen LogP contribution in [0.3, 0.4) is 0 Å². The van der Waals surface area contributed by atoms with Crippen LogP contribution >= 0.6 is 23.2 Å². The molecule has 4 aliphatic heterocycles. The average Bonchev–Trinajstić information content (AvgIpc) is 3.90. The molecule has 3 amide bonds. The fourth-order valence-electron chi connectivity index (χ4n) is 12.3. The highest BCUT2D eigenvalue weighted by Crippen LogP contribution is 2.60. The maximum absolute atomic E-state index is 12.4. The van der Waals surface area contributed by atoms with E-state index in [1.165, 1.54) is 6.92 Å². The van der Waals surface area contributed by atoms with Gasteiger partial charge >= 0.3 is 11.9 Å². The molecule has 372 valence electrons. The first-order valence-corrected chi connectivity index (χ1v) is 23.7. The molecule has 4 saturated heterocycles. The van der Waals surface area contributed by atoms with Crippen molar-refractivity contribution in [1.82, 2.24) is 16.0 Å². The van der Waals surface area contributed by atoms with Gasteiger partial charge in [-0.25, -0.2) is 9.59 Å². The maximum Gasteiger partial charge on any atom is 0.335 e. The number of ether oxygens (including phenoxy) is 1. The number of aliphatic carboxylic acids is 2. The minimum Gasteiger partial charge on any atom is -1.00 e. The number of hydrogen-bond acceptors (Lipinski definition) is 11. The summed E-state index contributed by atoms with van der Waals surface area (Å²) >= 11 is 11.5. The van der Waals surface area contributed by atoms with Crippen molar-refractivity contribution in [2.24, 2.45) is 40.9 Å². The van der Waals surface area contributed by atoms with Crippen LogP contribution in [0.15, 0.2) is 36.5 Å². The summed E-state index contributed by atoms with van der Waals surface area (Å²) in [5.74, 6) is -5.80. The van der Waals surface area contributed by atoms with E-state index in [2.05, 4.69) is 22.0 Å². The Kier molecular flexibility index (Phi) is 17.9. The fourth-order valence-corrected chi connectivity index (χ4v) is 12.8. The average molecular weight is 992 g/mol. The third kappa shape index (κ3) is 8.64. The van der Waals surface area contributed by atoms with Crippen LogP contribution in [0.1, 0.15) is 104 Å². The van der Waals surface area contributed by atoms with Crippen molar-refractivity contribution in [2.45, 2.75) is 150 Å². The molecule has 0 aromatic heterocycles. The van der Waals surface area contributed by atoms with Crippen LogP contribution < -0.4 is 28.4 Å². The second-order valence-corrected chi connectivity index (χ2v) is 20.2. The predicted molar refractivity (Wildman–Crippen MR) is 237 cm³/mol. The largest absolute Gasteiger partial charge is 1.00 e. The highest BCUT2D eigenvalue weighted by Gasteiger charge is 2.76. The Hall–Kier alpha value is -3.13. The van der Waals surface area contributed by atoms with Gasteiger partial charge in [0, 0.05) is 53.9 Å². The lowest BCUT2D eigenvalue weighted by Gasteiger charge is -2.56. The Bertz CT molecular complexity index is 1930. The second-order valence-electron chi connectivity index (χ2n) is 19.4. The van der Waals surface area contributed by atoms with Crippen molar-refractivity contribution in [3.05, 3.63) is 36.5 Å². The van der Waals surface area contributed by atoms with Crippen LogP contribution in [0.5, 0.6) is 0 Å². The number of hydrogen-bond donors (Lipinski definition) is 9. The van der Waals surface area contributed by atoms with Crippen molar-refractivity contribution in [2.75, 3.05) is 18.4 Å². The van der Waals surface area contributed by atoms with Gasteiger partial charge in [-0.3, -0.25) is 19.2 Å². The van der Waals surface area contributed by atoms with E-state index in [1.807, 2.05) is 31.2 Å². The lowest BCUT2D eigenvalue weighted by Crippen LogP contribution is -3.00. The molecule has 0 unspecified atom stereocenters. The number of allylic oxidation sites excluding steroid dienone is 3. The number of carboxylic acids is 2. The maximum atomic E-state index is 12.4. The molecule has 0 spiro atoms. The summed E-state index contributed by atoms with van der Waals surface area (Å²) in [6.45, 7) is 5.20. The van der Waals surface area contributed by atoms with Gasteiger partial charge in [0.15, 0.2) is 16.9 Å². The van der Waals surface area contributed by atoms with Gasteiger partial charge in [0.2, 0.25) is 17.7 Å². The number of carbonyl (C=O) groups excluding carboxylic acids is 4. The molecule has 8 rings (SSSR count). The van der Waals surface area contributed by atoms with Crippen molar-refractivity contribution >= 4 is 58.6 Å². The molecule has 0 aromatic rings. The lowest BCUT2D eigenvalue weighted by atomic mass is 9.48. The summed E-state index contributed by atoms with van der Waals surface area (Å²) in [6.07, 6.45) is 17.3. The third-order valence-electron chi connectivity index (χ3n) is 16.2. The van der Waals surface area contributed by atoms with Crippen molar-refractivity contribution in [1.29, 1.82) is 0 Å². The van der Waals surface area contributed by atoms with E-state index in [9.17, 15) is 59.4 Å². The number of rotatable bonds is 12. The van der Waals surface area contributed by atoms with E-state index in [-0.39, 0.29) is 65.5 Å². The Morgan fingerprint density at radius 1 is 0.697 bits per heavy atom. The molecule has 4 heterocycles. The molecule has 1 saturated carbocycles. The summed E-state index contributed by atoms with van der Waals surface area (Å²) in [4.78, 5) is 73.0. The summed E-state index contributed by atoms with van der Waals surface area (Å²) in [6, 6.07) is 0. The zero-order chi connectivity index (χ0) is 47.0. The van der Waals surface area contributed by atoms with Gasteiger partial charge in [0.1, 0.15) is 16.7 Å². The zero-order valence-corrected chi connectivity index (χ0v) is 39.9. The number of halogens is 3. The van der Waals surface area contributed by atoms with E-state index in [0.29, 0.717) is 44.6 Å². The highest BCUT2D eigenvalue weighted by molar-refractivity contribution is 6.18. The van der Waals surface area contributed by atoms with Gasteiger partial charge < -0.3 is 69.2 Å². The van der Waals surface area contributed by atoms with Crippen LogP contribution in [0, 0.1) is 40.9 Å². The number of alkyl halides is 2. The van der Waals surface area contributed by atoms with Crippen molar-refractivity contribution in [3.8, 4) is 0 Å². The standard InChI is InChI=1S/C16H22ClNO3.C15H22ClNO5.C15H21NO5.ClH.H2O/c1-15-9-12(19)16(15,18-14(21)11(15)7-8-17)13(20)10-5-3-2-4-6-10;1-14(22)10(7-8-16)12(19)17-15(14,13(20)21)11(18)9-5-3-2-4-6-9;1-14-10(7-8-21-14)12(18)16-15(14,13(19)20)11(17)9-5-3-2-4-6-9;;/h3,5,10-11,13,20H,2,4,6-9H2,1H3,(H,18,21);3,5,9-11,18,22H,2,4,6-8H2,1H3,(H,17,19)(H,20,21);3,5,9-11,17H,2,4,6-8H2,1H3,(H,16,18)(H,19,20);1H;1H2/p-1/t10-,11+,13+,15+,16-;2*9-,10+,11+,14+,15+;;/m111../s1. The van der Waals surface area contributed by atoms with Crippen molar-refractivity contribution in [3.63, 3.8) is 0 Å². The smallest absolute Gasteiger partial charge is 0.335 e. The first-order valence-electron chi connectivity index (χ1n) is 22.7. The number of ketones is 1. The normalized spacial score (nSPS) is 40.7. The molecule has 17 nitrogen and oxygen atoms in total. The molecule has 0 radical (unpaired) electrons. The highest BCUT2D eigenvalue weighted by atomic mass is 35.5. The summed E-state index contributed by atoms with van der Waals surface area (Å²) in [7, 11) is 0. The monoisotopic (exact) mass is 990 g/mol. The van der Waals surface area contributed by atoms with E-state index in [1.54, 1.807) is 13.0 Å². The molecule has 20 heteroatoms. The van der Waals surface area contributed by atoms with E-state index >= 15 is 0 Å². The number of amides is 3. The number of fused-ring (bicyclic) bond motifs is 2. The molecule has 66 heavy (non-hydrogen) atoms. The topological polar surface area (TPSA) is 301 Å². The minimum absolute atomic E-state index is 0. The van der Waals surface area contributed by atoms with Gasteiger partial charge in [0.25, 0.3) is 0 Å². The van der Waals surface area contributed by atoms with Crippen LogP contribution in [0.2, 0.25) is 0 Å². The SMILES string of the molecule is C[C@@]12CC(=O)[C@]1([C@@H](O)[C@@H]1C=CCCC1)NC(=O)[C@@H]2CCCl.C[C@]1(O)[C@@H](CCCl)C(=O)N[C@]1(C(=O)O)[C@@H](O)[C@@H]1C=CCCC1.C[C@]12OCC[C@H]1C(=O)N[C@]2(C(=O)O)[C@@H](O)[C@@H]1C=CCCC1.O.[Cl-]. The fraction of sp³-hybridized carbons (Fsp3) is 0.739. The Morgan fingerprint density at radius 3 is 1.58 bits per heavy atom. The third-order valence-corrected chi connectivity index (χ3v) is 16.6. The molecule has 0 bridgehead atoms. The molecule has 5 fully saturated rings. The molecular formula is C46H67Cl3N3O14-. The van der Waals surface area contributed by atoms with Crippen LogP contribution in [0.4, 0.5) is 0 Å². The Balaban J connectivity index is 0.000000213. The number of Topliss-reactive ketones (excluding diaryl/α,β-unsaturated/α-hetero) is 1. The van der Waals surface area contributed by atoms with Gasteiger partial charge in [-0.15, -0.1) is 23.2 Å². The predicted octanol–water partition coefficient (Wildman–Crippen LogP) is -0.919. The zero-order valence-electron chi connectivity index (χ0n) is 37.6. The van der Waals surface area contributed by atoms with E-state index in [0.717, 1.165) is 44.9 Å². The molecule has 0 aromatic carbocycles. The summed E-state index contributed by atoms with van der Waals surface area (Å²) in [5, 5.41) is 70.5.